The van der Waals surface area contributed by atoms with Crippen LogP contribution in [0, 0.1) is 10.8 Å². The van der Waals surface area contributed by atoms with Crippen LogP contribution >= 0.6 is 0 Å². The van der Waals surface area contributed by atoms with Gasteiger partial charge in [0, 0.05) is 32.7 Å². The van der Waals surface area contributed by atoms with Crippen molar-refractivity contribution >= 4 is 5.84 Å². The molecule has 0 atom stereocenters. The third-order valence-electron chi connectivity index (χ3n) is 3.23. The van der Waals surface area contributed by atoms with Gasteiger partial charge in [0.25, 0.3) is 0 Å². The Morgan fingerprint density at radius 2 is 1.61 bits per heavy atom. The van der Waals surface area contributed by atoms with Crippen LogP contribution in [0.25, 0.3) is 0 Å². The number of ether oxygens (including phenoxy) is 2. The number of rotatable bonds is 11. The third-order valence-corrected chi connectivity index (χ3v) is 3.23. The van der Waals surface area contributed by atoms with Crippen LogP contribution in [0.4, 0.5) is 0 Å². The quantitative estimate of drug-likeness (QED) is 0.434. The highest BCUT2D eigenvalue weighted by Crippen LogP contribution is 2.21. The Morgan fingerprint density at radius 3 is 2.00 bits per heavy atom. The molecule has 0 aliphatic rings. The Balaban J connectivity index is 3.97. The Morgan fingerprint density at radius 1 is 1.11 bits per heavy atom. The normalized spacial score (nSPS) is 12.1. The first-order valence-electron chi connectivity index (χ1n) is 6.48. The Hall–Kier alpha value is -0.650. The summed E-state index contributed by atoms with van der Waals surface area (Å²) in [6.45, 7) is 8.33. The van der Waals surface area contributed by atoms with Crippen molar-refractivity contribution in [3.8, 4) is 0 Å². The molecule has 18 heavy (non-hydrogen) atoms. The lowest BCUT2D eigenvalue weighted by atomic mass is 9.86. The van der Waals surface area contributed by atoms with Crippen LogP contribution in [0.2, 0.25) is 0 Å². The van der Waals surface area contributed by atoms with Gasteiger partial charge in [0.2, 0.25) is 0 Å². The first kappa shape index (κ1) is 17.4. The van der Waals surface area contributed by atoms with E-state index in [2.05, 4.69) is 4.90 Å². The van der Waals surface area contributed by atoms with Gasteiger partial charge in [-0.05, 0) is 19.4 Å². The van der Waals surface area contributed by atoms with Gasteiger partial charge in [-0.3, -0.25) is 10.3 Å². The van der Waals surface area contributed by atoms with Crippen molar-refractivity contribution in [2.75, 3.05) is 47.1 Å². The molecule has 0 saturated heterocycles. The van der Waals surface area contributed by atoms with Crippen molar-refractivity contribution in [2.24, 2.45) is 11.1 Å². The van der Waals surface area contributed by atoms with Gasteiger partial charge in [0.05, 0.1) is 19.0 Å². The number of nitrogens with two attached hydrogens (primary N) is 1. The van der Waals surface area contributed by atoms with E-state index in [4.69, 9.17) is 20.6 Å². The maximum absolute atomic E-state index is 7.53. The van der Waals surface area contributed by atoms with Crippen molar-refractivity contribution in [2.45, 2.75) is 26.7 Å². The lowest BCUT2D eigenvalue weighted by Crippen LogP contribution is -2.34. The van der Waals surface area contributed by atoms with Crippen molar-refractivity contribution in [1.29, 1.82) is 5.41 Å². The molecule has 0 fully saturated rings. The predicted molar refractivity (Wildman–Crippen MR) is 75.1 cm³/mol. The zero-order valence-electron chi connectivity index (χ0n) is 12.3. The standard InChI is InChI=1S/C13H29N3O2/c1-13(2,12(14)15)6-5-7-16(8-10-17-3)9-11-18-4/h5-11H2,1-4H3,(H3,14,15). The van der Waals surface area contributed by atoms with E-state index in [1.807, 2.05) is 13.8 Å². The molecule has 0 rings (SSSR count). The van der Waals surface area contributed by atoms with Crippen molar-refractivity contribution in [3.63, 3.8) is 0 Å². The molecule has 0 saturated carbocycles. The summed E-state index contributed by atoms with van der Waals surface area (Å²) in [6, 6.07) is 0. The molecule has 108 valence electrons. The van der Waals surface area contributed by atoms with Gasteiger partial charge in [-0.2, -0.15) is 0 Å². The van der Waals surface area contributed by atoms with E-state index in [1.165, 1.54) is 0 Å². The molecule has 0 heterocycles. The van der Waals surface area contributed by atoms with E-state index < -0.39 is 0 Å². The minimum Gasteiger partial charge on any atom is -0.387 e. The highest BCUT2D eigenvalue weighted by molar-refractivity contribution is 5.82. The number of nitrogens with zero attached hydrogens (tertiary/aromatic N) is 1. The van der Waals surface area contributed by atoms with Gasteiger partial charge in [-0.1, -0.05) is 13.8 Å². The van der Waals surface area contributed by atoms with Gasteiger partial charge in [-0.15, -0.1) is 0 Å². The second-order valence-corrected chi connectivity index (χ2v) is 5.23. The van der Waals surface area contributed by atoms with Crippen LogP contribution in [0.15, 0.2) is 0 Å². The number of hydrogen-bond donors (Lipinski definition) is 2. The molecule has 0 aromatic carbocycles. The predicted octanol–water partition coefficient (Wildman–Crippen LogP) is 1.32. The zero-order chi connectivity index (χ0) is 14.0. The molecular weight excluding hydrogens is 230 g/mol. The summed E-state index contributed by atoms with van der Waals surface area (Å²) in [5.41, 5.74) is 5.38. The highest BCUT2D eigenvalue weighted by atomic mass is 16.5. The molecule has 0 aromatic heterocycles. The Labute approximate surface area is 111 Å². The third kappa shape index (κ3) is 7.63. The summed E-state index contributed by atoms with van der Waals surface area (Å²) >= 11 is 0. The molecule has 0 aliphatic carbocycles. The molecule has 0 unspecified atom stereocenters. The second-order valence-electron chi connectivity index (χ2n) is 5.23. The van der Waals surface area contributed by atoms with Crippen LogP contribution < -0.4 is 5.73 Å². The second kappa shape index (κ2) is 9.30. The van der Waals surface area contributed by atoms with Crippen LogP contribution in [0.3, 0.4) is 0 Å². The van der Waals surface area contributed by atoms with Crippen LogP contribution in [-0.4, -0.2) is 57.8 Å². The van der Waals surface area contributed by atoms with E-state index >= 15 is 0 Å². The fraction of sp³-hybridized carbons (Fsp3) is 0.923. The molecule has 0 amide bonds. The molecular formula is C13H29N3O2. The monoisotopic (exact) mass is 259 g/mol. The maximum atomic E-state index is 7.53. The fourth-order valence-corrected chi connectivity index (χ4v) is 1.66. The summed E-state index contributed by atoms with van der Waals surface area (Å²) in [7, 11) is 3.43. The van der Waals surface area contributed by atoms with Crippen LogP contribution in [0.1, 0.15) is 26.7 Å². The minimum atomic E-state index is -0.200. The molecule has 0 spiro atoms. The number of amidine groups is 1. The topological polar surface area (TPSA) is 71.6 Å². The van der Waals surface area contributed by atoms with Crippen LogP contribution in [0.5, 0.6) is 0 Å². The smallest absolute Gasteiger partial charge is 0.0963 e. The summed E-state index contributed by atoms with van der Waals surface area (Å²) in [4.78, 5) is 2.32. The van der Waals surface area contributed by atoms with Crippen molar-refractivity contribution in [3.05, 3.63) is 0 Å². The summed E-state index contributed by atoms with van der Waals surface area (Å²) < 4.78 is 10.2. The minimum absolute atomic E-state index is 0.200. The Bertz CT molecular complexity index is 224. The number of nitrogens with one attached hydrogen (secondary N) is 1. The molecule has 0 aromatic rings. The van der Waals surface area contributed by atoms with E-state index in [1.54, 1.807) is 14.2 Å². The largest absolute Gasteiger partial charge is 0.387 e. The van der Waals surface area contributed by atoms with E-state index in [0.29, 0.717) is 0 Å². The average molecular weight is 259 g/mol. The first-order valence-corrected chi connectivity index (χ1v) is 6.48. The van der Waals surface area contributed by atoms with Gasteiger partial charge >= 0.3 is 0 Å². The van der Waals surface area contributed by atoms with Gasteiger partial charge in [0.1, 0.15) is 0 Å². The maximum Gasteiger partial charge on any atom is 0.0963 e. The van der Waals surface area contributed by atoms with E-state index in [-0.39, 0.29) is 11.3 Å². The van der Waals surface area contributed by atoms with E-state index in [0.717, 1.165) is 45.7 Å². The highest BCUT2D eigenvalue weighted by Gasteiger charge is 2.21. The number of methoxy groups -OCH3 is 2. The summed E-state index contributed by atoms with van der Waals surface area (Å²) in [5, 5.41) is 7.53. The van der Waals surface area contributed by atoms with Crippen molar-refractivity contribution in [1.82, 2.24) is 4.90 Å². The summed E-state index contributed by atoms with van der Waals surface area (Å²) in [6.07, 6.45) is 1.96. The van der Waals surface area contributed by atoms with Gasteiger partial charge in [0.15, 0.2) is 0 Å². The van der Waals surface area contributed by atoms with Crippen molar-refractivity contribution < 1.29 is 9.47 Å². The average Bonchev–Trinajstić information content (AvgIpc) is 2.31. The first-order chi connectivity index (χ1) is 8.44. The SMILES string of the molecule is COCCN(CCCC(C)(C)C(=N)N)CCOC. The Kier molecular flexibility index (Phi) is 8.97. The van der Waals surface area contributed by atoms with Gasteiger partial charge in [-0.25, -0.2) is 0 Å². The lowest BCUT2D eigenvalue weighted by molar-refractivity contribution is 0.112. The number of hydrogen-bond acceptors (Lipinski definition) is 4. The summed E-state index contributed by atoms with van der Waals surface area (Å²) in [5.74, 6) is 0.267. The molecule has 5 heteroatoms. The molecule has 0 radical (unpaired) electrons. The van der Waals surface area contributed by atoms with E-state index in [9.17, 15) is 0 Å². The van der Waals surface area contributed by atoms with Crippen LogP contribution in [-0.2, 0) is 9.47 Å². The molecule has 0 bridgehead atoms. The fourth-order valence-electron chi connectivity index (χ4n) is 1.66. The molecule has 5 nitrogen and oxygen atoms in total. The zero-order valence-corrected chi connectivity index (χ0v) is 12.3. The molecule has 3 N–H and O–H groups in total. The van der Waals surface area contributed by atoms with Gasteiger partial charge < -0.3 is 15.2 Å². The molecule has 0 aliphatic heterocycles. The lowest BCUT2D eigenvalue weighted by Gasteiger charge is -2.26.